The van der Waals surface area contributed by atoms with E-state index in [4.69, 9.17) is 5.11 Å². The van der Waals surface area contributed by atoms with Crippen LogP contribution in [-0.2, 0) is 4.79 Å². The number of nitrogens with zero attached hydrogens (tertiary/aromatic N) is 1. The van der Waals surface area contributed by atoms with E-state index in [1.165, 1.54) is 4.90 Å². The standard InChI is InChI=1S/C14H18INO3/c1-4-10(3)16(8-13(17)18)14(19)11-7-9(2)5-6-12(11)15/h5-7,10H,4,8H2,1-3H3,(H,17,18). The fourth-order valence-corrected chi connectivity index (χ4v) is 2.32. The third kappa shape index (κ3) is 4.19. The summed E-state index contributed by atoms with van der Waals surface area (Å²) in [6.07, 6.45) is 0.724. The van der Waals surface area contributed by atoms with Gasteiger partial charge in [-0.1, -0.05) is 18.6 Å². The molecule has 1 atom stereocenters. The number of halogens is 1. The first-order chi connectivity index (χ1) is 8.86. The van der Waals surface area contributed by atoms with E-state index in [-0.39, 0.29) is 18.5 Å². The van der Waals surface area contributed by atoms with Crippen LogP contribution in [0.15, 0.2) is 18.2 Å². The molecule has 1 unspecified atom stereocenters. The third-order valence-corrected chi connectivity index (χ3v) is 3.98. The molecule has 1 amide bonds. The quantitative estimate of drug-likeness (QED) is 0.806. The second-order valence-corrected chi connectivity index (χ2v) is 5.73. The van der Waals surface area contributed by atoms with Gasteiger partial charge in [0.1, 0.15) is 6.54 Å². The summed E-state index contributed by atoms with van der Waals surface area (Å²) in [5.41, 5.74) is 1.56. The van der Waals surface area contributed by atoms with E-state index in [9.17, 15) is 9.59 Å². The van der Waals surface area contributed by atoms with Gasteiger partial charge in [-0.15, -0.1) is 0 Å². The number of aliphatic carboxylic acids is 1. The van der Waals surface area contributed by atoms with Crippen molar-refractivity contribution in [3.8, 4) is 0 Å². The second-order valence-electron chi connectivity index (χ2n) is 4.57. The van der Waals surface area contributed by atoms with Crippen LogP contribution in [-0.4, -0.2) is 34.5 Å². The van der Waals surface area contributed by atoms with Crippen molar-refractivity contribution in [1.82, 2.24) is 4.90 Å². The summed E-state index contributed by atoms with van der Waals surface area (Å²) in [7, 11) is 0. The molecule has 0 heterocycles. The Morgan fingerprint density at radius 1 is 1.42 bits per heavy atom. The lowest BCUT2D eigenvalue weighted by Crippen LogP contribution is -2.42. The van der Waals surface area contributed by atoms with Crippen LogP contribution in [0.2, 0.25) is 0 Å². The molecule has 0 aliphatic rings. The first kappa shape index (κ1) is 15.9. The first-order valence-electron chi connectivity index (χ1n) is 6.15. The molecule has 0 aliphatic heterocycles. The predicted molar refractivity (Wildman–Crippen MR) is 82.3 cm³/mol. The fourth-order valence-electron chi connectivity index (χ4n) is 1.75. The van der Waals surface area contributed by atoms with Gasteiger partial charge in [0.15, 0.2) is 0 Å². The van der Waals surface area contributed by atoms with Crippen LogP contribution in [0.4, 0.5) is 0 Å². The Bertz CT molecular complexity index is 488. The minimum Gasteiger partial charge on any atom is -0.480 e. The third-order valence-electron chi connectivity index (χ3n) is 3.04. The fraction of sp³-hybridized carbons (Fsp3) is 0.429. The first-order valence-corrected chi connectivity index (χ1v) is 7.23. The lowest BCUT2D eigenvalue weighted by molar-refractivity contribution is -0.138. The van der Waals surface area contributed by atoms with Crippen LogP contribution >= 0.6 is 22.6 Å². The summed E-state index contributed by atoms with van der Waals surface area (Å²) in [4.78, 5) is 24.8. The van der Waals surface area contributed by atoms with Crippen LogP contribution in [0.25, 0.3) is 0 Å². The Morgan fingerprint density at radius 3 is 2.58 bits per heavy atom. The number of carbonyl (C=O) groups is 2. The zero-order valence-electron chi connectivity index (χ0n) is 11.3. The second kappa shape index (κ2) is 6.88. The molecule has 0 fully saturated rings. The number of carbonyl (C=O) groups excluding carboxylic acids is 1. The Hall–Kier alpha value is -1.11. The molecule has 104 valence electrons. The van der Waals surface area contributed by atoms with E-state index < -0.39 is 5.97 Å². The number of hydrogen-bond donors (Lipinski definition) is 1. The van der Waals surface area contributed by atoms with Crippen LogP contribution in [0.5, 0.6) is 0 Å². The Balaban J connectivity index is 3.11. The van der Waals surface area contributed by atoms with E-state index in [0.717, 1.165) is 15.6 Å². The molecule has 1 rings (SSSR count). The van der Waals surface area contributed by atoms with Gasteiger partial charge >= 0.3 is 5.97 Å². The molecule has 5 heteroatoms. The van der Waals surface area contributed by atoms with Gasteiger partial charge in [0.2, 0.25) is 0 Å². The molecule has 4 nitrogen and oxygen atoms in total. The van der Waals surface area contributed by atoms with Gasteiger partial charge in [-0.2, -0.15) is 0 Å². The van der Waals surface area contributed by atoms with E-state index in [1.807, 2.05) is 32.9 Å². The van der Waals surface area contributed by atoms with Crippen molar-refractivity contribution < 1.29 is 14.7 Å². The van der Waals surface area contributed by atoms with Gasteiger partial charge in [-0.3, -0.25) is 9.59 Å². The maximum atomic E-state index is 12.5. The molecule has 0 aromatic heterocycles. The lowest BCUT2D eigenvalue weighted by Gasteiger charge is -2.27. The minimum absolute atomic E-state index is 0.0973. The number of hydrogen-bond acceptors (Lipinski definition) is 2. The number of carboxylic acids is 1. The van der Waals surface area contributed by atoms with Gasteiger partial charge in [-0.05, 0) is 55.0 Å². The number of rotatable bonds is 5. The highest BCUT2D eigenvalue weighted by Gasteiger charge is 2.24. The topological polar surface area (TPSA) is 57.6 Å². The van der Waals surface area contributed by atoms with E-state index in [2.05, 4.69) is 22.6 Å². The summed E-state index contributed by atoms with van der Waals surface area (Å²) in [5.74, 6) is -1.21. The monoisotopic (exact) mass is 375 g/mol. The van der Waals surface area contributed by atoms with Crippen molar-refractivity contribution in [1.29, 1.82) is 0 Å². The molecule has 1 aromatic rings. The molecule has 0 spiro atoms. The summed E-state index contributed by atoms with van der Waals surface area (Å²) in [6, 6.07) is 5.52. The molecule has 0 aliphatic carbocycles. The molecule has 0 saturated carbocycles. The highest BCUT2D eigenvalue weighted by atomic mass is 127. The summed E-state index contributed by atoms with van der Waals surface area (Å²) >= 11 is 2.10. The number of aryl methyl sites for hydroxylation is 1. The van der Waals surface area contributed by atoms with Gasteiger partial charge in [-0.25, -0.2) is 0 Å². The van der Waals surface area contributed by atoms with E-state index >= 15 is 0 Å². The molecule has 1 aromatic carbocycles. The van der Waals surface area contributed by atoms with Gasteiger partial charge in [0.05, 0.1) is 5.56 Å². The zero-order chi connectivity index (χ0) is 14.6. The summed E-state index contributed by atoms with van der Waals surface area (Å²) < 4.78 is 0.840. The van der Waals surface area contributed by atoms with Crippen LogP contribution < -0.4 is 0 Å². The van der Waals surface area contributed by atoms with Gasteiger partial charge in [0, 0.05) is 9.61 Å². The van der Waals surface area contributed by atoms with Crippen LogP contribution in [0.1, 0.15) is 36.2 Å². The molecule has 0 saturated heterocycles. The molecule has 19 heavy (non-hydrogen) atoms. The average molecular weight is 375 g/mol. The largest absolute Gasteiger partial charge is 0.480 e. The van der Waals surface area contributed by atoms with Crippen molar-refractivity contribution in [2.24, 2.45) is 0 Å². The lowest BCUT2D eigenvalue weighted by atomic mass is 10.1. The smallest absolute Gasteiger partial charge is 0.323 e. The SMILES string of the molecule is CCC(C)N(CC(=O)O)C(=O)c1cc(C)ccc1I. The van der Waals surface area contributed by atoms with Crippen molar-refractivity contribution in [3.63, 3.8) is 0 Å². The average Bonchev–Trinajstić information content (AvgIpc) is 2.37. The van der Waals surface area contributed by atoms with Crippen molar-refractivity contribution in [2.45, 2.75) is 33.2 Å². The number of carboxylic acid groups (broad SMARTS) is 1. The highest BCUT2D eigenvalue weighted by Crippen LogP contribution is 2.18. The Labute approximate surface area is 126 Å². The number of benzene rings is 1. The maximum Gasteiger partial charge on any atom is 0.323 e. The zero-order valence-corrected chi connectivity index (χ0v) is 13.5. The van der Waals surface area contributed by atoms with Crippen LogP contribution in [0, 0.1) is 10.5 Å². The Morgan fingerprint density at radius 2 is 2.05 bits per heavy atom. The minimum atomic E-state index is -0.990. The molecule has 0 radical (unpaired) electrons. The summed E-state index contributed by atoms with van der Waals surface area (Å²) in [5, 5.41) is 8.95. The molecule has 0 bridgehead atoms. The highest BCUT2D eigenvalue weighted by molar-refractivity contribution is 14.1. The van der Waals surface area contributed by atoms with Gasteiger partial charge < -0.3 is 10.0 Å². The maximum absolute atomic E-state index is 12.5. The molecular formula is C14H18INO3. The Kier molecular flexibility index (Phi) is 5.78. The van der Waals surface area contributed by atoms with E-state index in [0.29, 0.717) is 5.56 Å². The van der Waals surface area contributed by atoms with Crippen LogP contribution in [0.3, 0.4) is 0 Å². The van der Waals surface area contributed by atoms with Crippen molar-refractivity contribution in [2.75, 3.05) is 6.54 Å². The summed E-state index contributed by atoms with van der Waals surface area (Å²) in [6.45, 7) is 5.45. The van der Waals surface area contributed by atoms with E-state index in [1.54, 1.807) is 6.07 Å². The van der Waals surface area contributed by atoms with Gasteiger partial charge in [0.25, 0.3) is 5.91 Å². The number of amides is 1. The van der Waals surface area contributed by atoms with Crippen molar-refractivity contribution in [3.05, 3.63) is 32.9 Å². The van der Waals surface area contributed by atoms with Crippen molar-refractivity contribution >= 4 is 34.5 Å². The normalized spacial score (nSPS) is 12.0. The predicted octanol–water partition coefficient (Wildman–Crippen LogP) is 2.92. The molecule has 1 N–H and O–H groups in total. The molecular weight excluding hydrogens is 357 g/mol.